The Morgan fingerprint density at radius 3 is 2.32 bits per heavy atom. The molecular weight excluding hydrogens is 285 g/mol. The molecule has 1 aromatic carbocycles. The zero-order chi connectivity index (χ0) is 14.2. The summed E-state index contributed by atoms with van der Waals surface area (Å²) in [5, 5.41) is 5.23. The molecule has 0 N–H and O–H groups in total. The molecule has 2 atom stereocenters. The molecule has 0 fully saturated rings. The van der Waals surface area contributed by atoms with Gasteiger partial charge < -0.3 is 9.57 Å². The molecule has 104 valence electrons. The van der Waals surface area contributed by atoms with Gasteiger partial charge in [-0.05, 0) is 32.9 Å². The first-order chi connectivity index (χ1) is 8.79. The van der Waals surface area contributed by atoms with E-state index in [0.29, 0.717) is 10.0 Å². The van der Waals surface area contributed by atoms with Gasteiger partial charge in [-0.1, -0.05) is 41.3 Å². The molecule has 1 aliphatic rings. The van der Waals surface area contributed by atoms with Gasteiger partial charge in [-0.15, -0.1) is 0 Å². The largest absolute Gasteiger partial charge is 0.363 e. The Balaban J connectivity index is 2.25. The van der Waals surface area contributed by atoms with E-state index in [4.69, 9.17) is 32.8 Å². The average Bonchev–Trinajstić information content (AvgIpc) is 2.59. The van der Waals surface area contributed by atoms with Crippen LogP contribution in [0.1, 0.15) is 33.3 Å². The smallest absolute Gasteiger partial charge is 0.235 e. The van der Waals surface area contributed by atoms with Crippen molar-refractivity contribution < 1.29 is 9.57 Å². The van der Waals surface area contributed by atoms with Gasteiger partial charge >= 0.3 is 0 Å². The molecule has 0 saturated carbocycles. The number of oxime groups is 1. The Morgan fingerprint density at radius 1 is 1.21 bits per heavy atom. The van der Waals surface area contributed by atoms with Crippen molar-refractivity contribution in [1.29, 1.82) is 0 Å². The summed E-state index contributed by atoms with van der Waals surface area (Å²) in [5.74, 6) is -0.0309. The Labute approximate surface area is 123 Å². The first-order valence-corrected chi connectivity index (χ1v) is 6.91. The Hall–Kier alpha value is -0.770. The van der Waals surface area contributed by atoms with E-state index in [1.807, 2.05) is 27.7 Å². The van der Waals surface area contributed by atoms with Crippen molar-refractivity contribution >= 4 is 28.9 Å². The van der Waals surface area contributed by atoms with Crippen molar-refractivity contribution in [1.82, 2.24) is 0 Å². The lowest BCUT2D eigenvalue weighted by molar-refractivity contribution is -0.195. The number of hydrogen-bond donors (Lipinski definition) is 0. The summed E-state index contributed by atoms with van der Waals surface area (Å²) < 4.78 is 5.82. The van der Waals surface area contributed by atoms with Gasteiger partial charge in [-0.3, -0.25) is 0 Å². The van der Waals surface area contributed by atoms with Crippen LogP contribution in [0.2, 0.25) is 10.0 Å². The summed E-state index contributed by atoms with van der Waals surface area (Å²) >= 11 is 12.4. The standard InChI is InChI=1S/C14H17Cl2NO2/c1-8-12(11-9(15)6-5-7-10(11)16)17-19-13(8)18-14(2,3)4/h5-8,13H,1-4H3/t8-,13-/m0/s1. The summed E-state index contributed by atoms with van der Waals surface area (Å²) in [4.78, 5) is 5.37. The van der Waals surface area contributed by atoms with Crippen LogP contribution in [0, 0.1) is 5.92 Å². The topological polar surface area (TPSA) is 30.8 Å². The Bertz CT molecular complexity index is 488. The lowest BCUT2D eigenvalue weighted by atomic mass is 9.98. The van der Waals surface area contributed by atoms with Crippen molar-refractivity contribution in [3.8, 4) is 0 Å². The zero-order valence-corrected chi connectivity index (χ0v) is 12.9. The molecule has 0 bridgehead atoms. The lowest BCUT2D eigenvalue weighted by Crippen LogP contribution is -2.32. The maximum Gasteiger partial charge on any atom is 0.235 e. The number of benzene rings is 1. The van der Waals surface area contributed by atoms with E-state index < -0.39 is 6.29 Å². The third kappa shape index (κ3) is 3.22. The van der Waals surface area contributed by atoms with E-state index in [0.717, 1.165) is 11.3 Å². The molecule has 1 heterocycles. The molecular formula is C14H17Cl2NO2. The Kier molecular flexibility index (Phi) is 4.09. The molecule has 19 heavy (non-hydrogen) atoms. The predicted molar refractivity (Wildman–Crippen MR) is 77.9 cm³/mol. The molecule has 0 radical (unpaired) electrons. The van der Waals surface area contributed by atoms with E-state index >= 15 is 0 Å². The lowest BCUT2D eigenvalue weighted by Gasteiger charge is -2.25. The number of hydrogen-bond acceptors (Lipinski definition) is 3. The van der Waals surface area contributed by atoms with Crippen molar-refractivity contribution in [3.63, 3.8) is 0 Å². The molecule has 2 rings (SSSR count). The van der Waals surface area contributed by atoms with Crippen LogP contribution in [0.25, 0.3) is 0 Å². The van der Waals surface area contributed by atoms with Gasteiger partial charge in [0.05, 0.1) is 27.3 Å². The average molecular weight is 302 g/mol. The second-order valence-corrected chi connectivity index (χ2v) is 6.38. The highest BCUT2D eigenvalue weighted by atomic mass is 35.5. The Morgan fingerprint density at radius 2 is 1.79 bits per heavy atom. The third-order valence-electron chi connectivity index (χ3n) is 2.78. The SMILES string of the molecule is C[C@H]1C(c2c(Cl)cccc2Cl)=NO[C@@H]1OC(C)(C)C. The van der Waals surface area contributed by atoms with Crippen molar-refractivity contribution in [2.24, 2.45) is 11.1 Å². The minimum Gasteiger partial charge on any atom is -0.363 e. The van der Waals surface area contributed by atoms with Crippen LogP contribution < -0.4 is 0 Å². The number of rotatable bonds is 2. The molecule has 0 aromatic heterocycles. The maximum atomic E-state index is 6.19. The van der Waals surface area contributed by atoms with Crippen molar-refractivity contribution in [3.05, 3.63) is 33.8 Å². The summed E-state index contributed by atoms with van der Waals surface area (Å²) in [7, 11) is 0. The fraction of sp³-hybridized carbons (Fsp3) is 0.500. The van der Waals surface area contributed by atoms with E-state index in [9.17, 15) is 0 Å². The fourth-order valence-corrected chi connectivity index (χ4v) is 2.49. The summed E-state index contributed by atoms with van der Waals surface area (Å²) in [5.41, 5.74) is 1.15. The van der Waals surface area contributed by atoms with Crippen LogP contribution in [-0.2, 0) is 9.57 Å². The summed E-state index contributed by atoms with van der Waals surface area (Å²) in [6.07, 6.45) is -0.415. The third-order valence-corrected chi connectivity index (χ3v) is 3.41. The zero-order valence-electron chi connectivity index (χ0n) is 11.4. The van der Waals surface area contributed by atoms with E-state index in [2.05, 4.69) is 5.16 Å². The molecule has 5 heteroatoms. The summed E-state index contributed by atoms with van der Waals surface area (Å²) in [6.45, 7) is 7.92. The summed E-state index contributed by atoms with van der Waals surface area (Å²) in [6, 6.07) is 5.38. The molecule has 1 aliphatic heterocycles. The van der Waals surface area contributed by atoms with Gasteiger partial charge in [0.15, 0.2) is 0 Å². The number of nitrogens with zero attached hydrogens (tertiary/aromatic N) is 1. The highest BCUT2D eigenvalue weighted by Gasteiger charge is 2.36. The number of ether oxygens (including phenoxy) is 1. The van der Waals surface area contributed by atoms with E-state index in [-0.39, 0.29) is 11.5 Å². The van der Waals surface area contributed by atoms with Gasteiger partial charge in [0, 0.05) is 5.56 Å². The van der Waals surface area contributed by atoms with Crippen LogP contribution in [0.3, 0.4) is 0 Å². The molecule has 3 nitrogen and oxygen atoms in total. The van der Waals surface area contributed by atoms with Crippen molar-refractivity contribution in [2.75, 3.05) is 0 Å². The highest BCUT2D eigenvalue weighted by molar-refractivity contribution is 6.40. The highest BCUT2D eigenvalue weighted by Crippen LogP contribution is 2.33. The van der Waals surface area contributed by atoms with Gasteiger partial charge in [-0.25, -0.2) is 0 Å². The molecule has 0 aliphatic carbocycles. The first-order valence-electron chi connectivity index (χ1n) is 6.15. The van der Waals surface area contributed by atoms with E-state index in [1.165, 1.54) is 0 Å². The predicted octanol–water partition coefficient (Wildman–Crippen LogP) is 4.51. The van der Waals surface area contributed by atoms with Gasteiger partial charge in [0.2, 0.25) is 6.29 Å². The minimum atomic E-state index is -0.415. The number of halogens is 2. The van der Waals surface area contributed by atoms with E-state index in [1.54, 1.807) is 18.2 Å². The molecule has 0 spiro atoms. The maximum absolute atomic E-state index is 6.19. The van der Waals surface area contributed by atoms with Crippen molar-refractivity contribution in [2.45, 2.75) is 39.6 Å². The first kappa shape index (κ1) is 14.6. The van der Waals surface area contributed by atoms with Crippen LogP contribution >= 0.6 is 23.2 Å². The minimum absolute atomic E-state index is 0.0309. The fourth-order valence-electron chi connectivity index (χ4n) is 1.90. The van der Waals surface area contributed by atoms with Gasteiger partial charge in [-0.2, -0.15) is 0 Å². The second-order valence-electron chi connectivity index (χ2n) is 5.57. The van der Waals surface area contributed by atoms with Crippen LogP contribution in [0.15, 0.2) is 23.4 Å². The van der Waals surface area contributed by atoms with Crippen LogP contribution in [0.4, 0.5) is 0 Å². The normalized spacial score (nSPS) is 23.2. The quantitative estimate of drug-likeness (QED) is 0.805. The molecule has 1 aromatic rings. The van der Waals surface area contributed by atoms with Crippen LogP contribution in [-0.4, -0.2) is 17.6 Å². The van der Waals surface area contributed by atoms with Gasteiger partial charge in [0.1, 0.15) is 0 Å². The molecule has 0 unspecified atom stereocenters. The monoisotopic (exact) mass is 301 g/mol. The molecule has 0 saturated heterocycles. The van der Waals surface area contributed by atoms with Crippen LogP contribution in [0.5, 0.6) is 0 Å². The molecule has 0 amide bonds. The second kappa shape index (κ2) is 5.31. The van der Waals surface area contributed by atoms with Gasteiger partial charge in [0.25, 0.3) is 0 Å².